The molecule has 1 aliphatic carbocycles. The van der Waals surface area contributed by atoms with Gasteiger partial charge in [-0.15, -0.1) is 22.7 Å². The van der Waals surface area contributed by atoms with Gasteiger partial charge in [0.05, 0.1) is 17.1 Å². The molecule has 0 unspecified atom stereocenters. The molecule has 0 spiro atoms. The number of aromatic nitrogens is 2. The van der Waals surface area contributed by atoms with Gasteiger partial charge in [-0.2, -0.15) is 0 Å². The van der Waals surface area contributed by atoms with Crippen LogP contribution < -0.4 is 5.32 Å². The number of thiazole rings is 1. The van der Waals surface area contributed by atoms with E-state index in [1.54, 1.807) is 35.1 Å². The van der Waals surface area contributed by atoms with Gasteiger partial charge >= 0.3 is 0 Å². The number of hydrogen-bond acceptors (Lipinski definition) is 5. The van der Waals surface area contributed by atoms with Gasteiger partial charge in [0.1, 0.15) is 5.01 Å². The average Bonchev–Trinajstić information content (AvgIpc) is 3.28. The minimum Gasteiger partial charge on any atom is -0.345 e. The topological polar surface area (TPSA) is 54.9 Å². The van der Waals surface area contributed by atoms with Crippen LogP contribution in [0, 0.1) is 0 Å². The minimum absolute atomic E-state index is 0.0161. The molecule has 3 aromatic rings. The summed E-state index contributed by atoms with van der Waals surface area (Å²) in [5, 5.41) is 5.97. The van der Waals surface area contributed by atoms with E-state index in [0.717, 1.165) is 34.0 Å². The molecule has 3 heterocycles. The molecule has 4 rings (SSSR count). The highest BCUT2D eigenvalue weighted by Gasteiger charge is 2.16. The molecule has 26 heavy (non-hydrogen) atoms. The zero-order valence-electron chi connectivity index (χ0n) is 14.5. The highest BCUT2D eigenvalue weighted by Crippen LogP contribution is 2.28. The summed E-state index contributed by atoms with van der Waals surface area (Å²) in [6, 6.07) is 5.99. The van der Waals surface area contributed by atoms with Crippen LogP contribution in [-0.4, -0.2) is 15.9 Å². The van der Waals surface area contributed by atoms with Crippen LogP contribution in [0.1, 0.15) is 50.8 Å². The molecule has 0 saturated heterocycles. The molecule has 1 N–H and O–H groups in total. The first-order valence-corrected chi connectivity index (χ1v) is 10.7. The van der Waals surface area contributed by atoms with Crippen LogP contribution >= 0.6 is 22.7 Å². The predicted molar refractivity (Wildman–Crippen MR) is 107 cm³/mol. The molecule has 6 heteroatoms. The Morgan fingerprint density at radius 2 is 1.92 bits per heavy atom. The second-order valence-electron chi connectivity index (χ2n) is 6.52. The van der Waals surface area contributed by atoms with Crippen molar-refractivity contribution in [3.05, 3.63) is 56.3 Å². The van der Waals surface area contributed by atoms with Gasteiger partial charge in [0.15, 0.2) is 0 Å². The standard InChI is InChI=1S/C20H21N3OS2/c24-20(18-11-15-5-3-1-2-4-6-17(15)26-18)22-12-19-23-16(13-25-19)14-7-9-21-10-8-14/h7-11,13H,1-6,12H2,(H,22,24). The smallest absolute Gasteiger partial charge is 0.261 e. The number of carbonyl (C=O) groups is 1. The van der Waals surface area contributed by atoms with Crippen molar-refractivity contribution in [3.8, 4) is 11.3 Å². The van der Waals surface area contributed by atoms with E-state index < -0.39 is 0 Å². The van der Waals surface area contributed by atoms with E-state index in [2.05, 4.69) is 21.4 Å². The van der Waals surface area contributed by atoms with Gasteiger partial charge in [0.25, 0.3) is 5.91 Å². The predicted octanol–water partition coefficient (Wildman–Crippen LogP) is 4.86. The summed E-state index contributed by atoms with van der Waals surface area (Å²) < 4.78 is 0. The number of hydrogen-bond donors (Lipinski definition) is 1. The molecule has 0 radical (unpaired) electrons. The molecule has 0 fully saturated rings. The maximum atomic E-state index is 12.6. The van der Waals surface area contributed by atoms with E-state index >= 15 is 0 Å². The summed E-state index contributed by atoms with van der Waals surface area (Å²) in [6.07, 6.45) is 10.9. The van der Waals surface area contributed by atoms with Crippen molar-refractivity contribution in [2.24, 2.45) is 0 Å². The van der Waals surface area contributed by atoms with Crippen molar-refractivity contribution in [2.75, 3.05) is 0 Å². The minimum atomic E-state index is 0.0161. The fourth-order valence-electron chi connectivity index (χ4n) is 3.25. The third-order valence-corrected chi connectivity index (χ3v) is 6.73. The summed E-state index contributed by atoms with van der Waals surface area (Å²) in [4.78, 5) is 23.4. The highest BCUT2D eigenvalue weighted by molar-refractivity contribution is 7.14. The number of pyridine rings is 1. The van der Waals surface area contributed by atoms with E-state index in [4.69, 9.17) is 0 Å². The number of carbonyl (C=O) groups excluding carboxylic acids is 1. The highest BCUT2D eigenvalue weighted by atomic mass is 32.1. The van der Waals surface area contributed by atoms with E-state index in [9.17, 15) is 4.79 Å². The van der Waals surface area contributed by atoms with Crippen molar-refractivity contribution in [2.45, 2.75) is 45.1 Å². The monoisotopic (exact) mass is 383 g/mol. The molecule has 0 atom stereocenters. The van der Waals surface area contributed by atoms with Crippen LogP contribution in [0.15, 0.2) is 36.0 Å². The molecule has 4 nitrogen and oxygen atoms in total. The van der Waals surface area contributed by atoms with Crippen molar-refractivity contribution in [3.63, 3.8) is 0 Å². The lowest BCUT2D eigenvalue weighted by Crippen LogP contribution is -2.21. The van der Waals surface area contributed by atoms with Crippen LogP contribution in [0.2, 0.25) is 0 Å². The Morgan fingerprint density at radius 3 is 2.77 bits per heavy atom. The fraction of sp³-hybridized carbons (Fsp3) is 0.350. The van der Waals surface area contributed by atoms with Crippen molar-refractivity contribution in [1.82, 2.24) is 15.3 Å². The number of thiophene rings is 1. The first-order chi connectivity index (χ1) is 12.8. The maximum absolute atomic E-state index is 12.6. The van der Waals surface area contributed by atoms with Crippen LogP contribution in [0.5, 0.6) is 0 Å². The fourth-order valence-corrected chi connectivity index (χ4v) is 5.16. The second-order valence-corrected chi connectivity index (χ2v) is 8.60. The average molecular weight is 384 g/mol. The maximum Gasteiger partial charge on any atom is 0.261 e. The molecular weight excluding hydrogens is 362 g/mol. The number of fused-ring (bicyclic) bond motifs is 1. The molecule has 0 aliphatic heterocycles. The molecule has 1 amide bonds. The second kappa shape index (κ2) is 8.10. The normalized spacial score (nSPS) is 14.3. The number of aryl methyl sites for hydroxylation is 2. The van der Waals surface area contributed by atoms with Gasteiger partial charge in [-0.1, -0.05) is 12.8 Å². The molecule has 134 valence electrons. The zero-order chi connectivity index (χ0) is 17.8. The Hall–Kier alpha value is -2.05. The third-order valence-electron chi connectivity index (χ3n) is 4.65. The summed E-state index contributed by atoms with van der Waals surface area (Å²) in [5.41, 5.74) is 3.36. The third kappa shape index (κ3) is 4.02. The lowest BCUT2D eigenvalue weighted by molar-refractivity contribution is 0.0955. The molecule has 0 aromatic carbocycles. The zero-order valence-corrected chi connectivity index (χ0v) is 16.2. The SMILES string of the molecule is O=C(NCc1nc(-c2ccncc2)cs1)c1cc2c(s1)CCCCCC2. The lowest BCUT2D eigenvalue weighted by atomic mass is 10.00. The Balaban J connectivity index is 1.40. The van der Waals surface area contributed by atoms with Crippen LogP contribution in [0.3, 0.4) is 0 Å². The largest absolute Gasteiger partial charge is 0.345 e. The van der Waals surface area contributed by atoms with Crippen LogP contribution in [-0.2, 0) is 19.4 Å². The van der Waals surface area contributed by atoms with E-state index in [1.807, 2.05) is 17.5 Å². The number of amides is 1. The number of rotatable bonds is 4. The van der Waals surface area contributed by atoms with Crippen LogP contribution in [0.25, 0.3) is 11.3 Å². The summed E-state index contributed by atoms with van der Waals surface area (Å²) in [7, 11) is 0. The molecule has 0 bridgehead atoms. The van der Waals surface area contributed by atoms with Gasteiger partial charge in [-0.25, -0.2) is 4.98 Å². The number of nitrogens with one attached hydrogen (secondary N) is 1. The number of nitrogens with zero attached hydrogens (tertiary/aromatic N) is 2. The van der Waals surface area contributed by atoms with Gasteiger partial charge in [0, 0.05) is 28.2 Å². The first kappa shape index (κ1) is 17.4. The Kier molecular flexibility index (Phi) is 5.41. The van der Waals surface area contributed by atoms with Gasteiger partial charge in [-0.3, -0.25) is 9.78 Å². The summed E-state index contributed by atoms with van der Waals surface area (Å²) >= 11 is 3.24. The van der Waals surface area contributed by atoms with Crippen molar-refractivity contribution in [1.29, 1.82) is 0 Å². The first-order valence-electron chi connectivity index (χ1n) is 9.04. The Morgan fingerprint density at radius 1 is 1.12 bits per heavy atom. The quantitative estimate of drug-likeness (QED) is 0.700. The van der Waals surface area contributed by atoms with Gasteiger partial charge in [-0.05, 0) is 49.4 Å². The molecule has 1 aliphatic rings. The summed E-state index contributed by atoms with van der Waals surface area (Å²) in [6.45, 7) is 0.469. The van der Waals surface area contributed by atoms with E-state index in [-0.39, 0.29) is 5.91 Å². The van der Waals surface area contributed by atoms with E-state index in [0.29, 0.717) is 6.54 Å². The van der Waals surface area contributed by atoms with Gasteiger partial charge < -0.3 is 5.32 Å². The Bertz CT molecular complexity index is 860. The summed E-state index contributed by atoms with van der Waals surface area (Å²) in [5.74, 6) is 0.0161. The van der Waals surface area contributed by atoms with Crippen LogP contribution in [0.4, 0.5) is 0 Å². The molecular formula is C20H21N3OS2. The van der Waals surface area contributed by atoms with Crippen molar-refractivity contribution >= 4 is 28.6 Å². The molecule has 3 aromatic heterocycles. The van der Waals surface area contributed by atoms with Crippen molar-refractivity contribution < 1.29 is 4.79 Å². The Labute approximate surface area is 161 Å². The molecule has 0 saturated carbocycles. The lowest BCUT2D eigenvalue weighted by Gasteiger charge is -2.07. The van der Waals surface area contributed by atoms with E-state index in [1.165, 1.54) is 36.1 Å². The van der Waals surface area contributed by atoms with Gasteiger partial charge in [0.2, 0.25) is 0 Å².